The average Bonchev–Trinajstić information content (AvgIpc) is 3.02. The van der Waals surface area contributed by atoms with Crippen LogP contribution in [0.2, 0.25) is 0 Å². The molecule has 1 aromatic carbocycles. The molecule has 0 fully saturated rings. The first kappa shape index (κ1) is 12.2. The SMILES string of the molecule is CC(=O)c1cccc(-c2cc(-n3cccn3)ncn2)c1. The van der Waals surface area contributed by atoms with Gasteiger partial charge in [0.2, 0.25) is 0 Å². The highest BCUT2D eigenvalue weighted by atomic mass is 16.1. The molecule has 0 saturated heterocycles. The van der Waals surface area contributed by atoms with Gasteiger partial charge in [-0.05, 0) is 19.1 Å². The second kappa shape index (κ2) is 5.05. The normalized spacial score (nSPS) is 10.4. The summed E-state index contributed by atoms with van der Waals surface area (Å²) in [6.07, 6.45) is 5.00. The number of Topliss-reactive ketones (excluding diaryl/α,β-unsaturated/α-hetero) is 1. The Morgan fingerprint density at radius 3 is 2.80 bits per heavy atom. The van der Waals surface area contributed by atoms with E-state index in [1.54, 1.807) is 23.9 Å². The van der Waals surface area contributed by atoms with E-state index < -0.39 is 0 Å². The summed E-state index contributed by atoms with van der Waals surface area (Å²) < 4.78 is 1.67. The topological polar surface area (TPSA) is 60.7 Å². The molecule has 2 aromatic heterocycles. The van der Waals surface area contributed by atoms with Gasteiger partial charge in [-0.3, -0.25) is 4.79 Å². The highest BCUT2D eigenvalue weighted by Gasteiger charge is 2.06. The first-order chi connectivity index (χ1) is 9.74. The smallest absolute Gasteiger partial charge is 0.159 e. The number of aromatic nitrogens is 4. The zero-order valence-electron chi connectivity index (χ0n) is 10.9. The van der Waals surface area contributed by atoms with E-state index in [9.17, 15) is 4.79 Å². The largest absolute Gasteiger partial charge is 0.295 e. The summed E-state index contributed by atoms with van der Waals surface area (Å²) in [6.45, 7) is 1.55. The molecule has 0 aliphatic carbocycles. The van der Waals surface area contributed by atoms with Gasteiger partial charge in [-0.15, -0.1) is 0 Å². The number of rotatable bonds is 3. The molecule has 3 rings (SSSR count). The van der Waals surface area contributed by atoms with Gasteiger partial charge in [-0.25, -0.2) is 14.6 Å². The van der Waals surface area contributed by atoms with Crippen molar-refractivity contribution in [2.24, 2.45) is 0 Å². The lowest BCUT2D eigenvalue weighted by Gasteiger charge is -2.05. The number of ketones is 1. The van der Waals surface area contributed by atoms with Gasteiger partial charge in [-0.2, -0.15) is 5.10 Å². The molecule has 20 heavy (non-hydrogen) atoms. The van der Waals surface area contributed by atoms with E-state index in [1.165, 1.54) is 6.33 Å². The third-order valence-electron chi connectivity index (χ3n) is 2.96. The Bertz CT molecular complexity index is 750. The summed E-state index contributed by atoms with van der Waals surface area (Å²) in [7, 11) is 0. The van der Waals surface area contributed by atoms with Gasteiger partial charge < -0.3 is 0 Å². The van der Waals surface area contributed by atoms with E-state index >= 15 is 0 Å². The van der Waals surface area contributed by atoms with Gasteiger partial charge in [0.25, 0.3) is 0 Å². The van der Waals surface area contributed by atoms with Crippen LogP contribution in [-0.2, 0) is 0 Å². The molecule has 0 unspecified atom stereocenters. The maximum absolute atomic E-state index is 11.4. The molecule has 5 nitrogen and oxygen atoms in total. The number of benzene rings is 1. The van der Waals surface area contributed by atoms with E-state index in [-0.39, 0.29) is 5.78 Å². The van der Waals surface area contributed by atoms with Gasteiger partial charge in [0.05, 0.1) is 5.69 Å². The lowest BCUT2D eigenvalue weighted by Crippen LogP contribution is -1.99. The molecule has 3 aromatic rings. The Balaban J connectivity index is 2.04. The van der Waals surface area contributed by atoms with Crippen molar-refractivity contribution in [3.63, 3.8) is 0 Å². The van der Waals surface area contributed by atoms with E-state index in [1.807, 2.05) is 36.5 Å². The Labute approximate surface area is 115 Å². The number of nitrogens with zero attached hydrogens (tertiary/aromatic N) is 4. The summed E-state index contributed by atoms with van der Waals surface area (Å²) in [5.41, 5.74) is 2.31. The Kier molecular flexibility index (Phi) is 3.09. The maximum atomic E-state index is 11.4. The molecule has 0 aliphatic rings. The molecule has 0 aliphatic heterocycles. The van der Waals surface area contributed by atoms with Crippen LogP contribution in [-0.4, -0.2) is 25.5 Å². The molecule has 0 spiro atoms. The molecule has 0 atom stereocenters. The second-order valence-corrected chi connectivity index (χ2v) is 4.35. The molecule has 0 bridgehead atoms. The predicted molar refractivity (Wildman–Crippen MR) is 74.6 cm³/mol. The molecule has 0 saturated carbocycles. The minimum atomic E-state index is 0.0354. The van der Waals surface area contributed by atoms with Crippen molar-refractivity contribution < 1.29 is 4.79 Å². The van der Waals surface area contributed by atoms with Gasteiger partial charge in [0.15, 0.2) is 11.6 Å². The van der Waals surface area contributed by atoms with Crippen LogP contribution in [0.1, 0.15) is 17.3 Å². The van der Waals surface area contributed by atoms with Crippen LogP contribution in [0.25, 0.3) is 17.1 Å². The van der Waals surface area contributed by atoms with Gasteiger partial charge >= 0.3 is 0 Å². The quantitative estimate of drug-likeness (QED) is 0.682. The number of carbonyl (C=O) groups is 1. The molecule has 0 N–H and O–H groups in total. The van der Waals surface area contributed by atoms with Crippen LogP contribution in [0.3, 0.4) is 0 Å². The van der Waals surface area contributed by atoms with Gasteiger partial charge in [-0.1, -0.05) is 18.2 Å². The first-order valence-corrected chi connectivity index (χ1v) is 6.17. The van der Waals surface area contributed by atoms with Crippen LogP contribution < -0.4 is 0 Å². The van der Waals surface area contributed by atoms with Crippen LogP contribution in [0.4, 0.5) is 0 Å². The zero-order valence-corrected chi connectivity index (χ0v) is 10.9. The molecule has 5 heteroatoms. The molecular formula is C15H12N4O. The van der Waals surface area contributed by atoms with Crippen LogP contribution in [0, 0.1) is 0 Å². The molecule has 0 radical (unpaired) electrons. The molecular weight excluding hydrogens is 252 g/mol. The Morgan fingerprint density at radius 2 is 2.05 bits per heavy atom. The third-order valence-corrected chi connectivity index (χ3v) is 2.96. The predicted octanol–water partition coefficient (Wildman–Crippen LogP) is 2.53. The second-order valence-electron chi connectivity index (χ2n) is 4.35. The van der Waals surface area contributed by atoms with Crippen LogP contribution >= 0.6 is 0 Å². The molecule has 98 valence electrons. The minimum absolute atomic E-state index is 0.0354. The van der Waals surface area contributed by atoms with Crippen molar-refractivity contribution >= 4 is 5.78 Å². The van der Waals surface area contributed by atoms with E-state index in [2.05, 4.69) is 15.1 Å². The third kappa shape index (κ3) is 2.33. The summed E-state index contributed by atoms with van der Waals surface area (Å²) in [5.74, 6) is 0.724. The molecule has 2 heterocycles. The lowest BCUT2D eigenvalue weighted by molar-refractivity contribution is 0.101. The number of hydrogen-bond acceptors (Lipinski definition) is 4. The minimum Gasteiger partial charge on any atom is -0.295 e. The number of hydrogen-bond donors (Lipinski definition) is 0. The van der Waals surface area contributed by atoms with E-state index in [0.29, 0.717) is 11.4 Å². The monoisotopic (exact) mass is 264 g/mol. The first-order valence-electron chi connectivity index (χ1n) is 6.17. The zero-order chi connectivity index (χ0) is 13.9. The van der Waals surface area contributed by atoms with Crippen molar-refractivity contribution in [3.05, 3.63) is 60.7 Å². The van der Waals surface area contributed by atoms with Crippen molar-refractivity contribution in [1.29, 1.82) is 0 Å². The summed E-state index contributed by atoms with van der Waals surface area (Å²) in [4.78, 5) is 19.9. The Hall–Kier alpha value is -2.82. The van der Waals surface area contributed by atoms with Gasteiger partial charge in [0, 0.05) is 29.6 Å². The van der Waals surface area contributed by atoms with E-state index in [0.717, 1.165) is 11.3 Å². The number of carbonyl (C=O) groups excluding carboxylic acids is 1. The fourth-order valence-corrected chi connectivity index (χ4v) is 1.93. The summed E-state index contributed by atoms with van der Waals surface area (Å²) >= 11 is 0. The van der Waals surface area contributed by atoms with Crippen molar-refractivity contribution in [3.8, 4) is 17.1 Å². The van der Waals surface area contributed by atoms with Gasteiger partial charge in [0.1, 0.15) is 6.33 Å². The Morgan fingerprint density at radius 1 is 1.15 bits per heavy atom. The summed E-state index contributed by atoms with van der Waals surface area (Å²) in [6, 6.07) is 11.1. The van der Waals surface area contributed by atoms with Crippen LogP contribution in [0.15, 0.2) is 55.1 Å². The standard InChI is InChI=1S/C15H12N4O/c1-11(20)12-4-2-5-13(8-12)14-9-15(17-10-16-14)19-7-3-6-18-19/h2-10H,1H3. The fourth-order valence-electron chi connectivity index (χ4n) is 1.93. The summed E-state index contributed by atoms with van der Waals surface area (Å²) in [5, 5.41) is 4.14. The average molecular weight is 264 g/mol. The lowest BCUT2D eigenvalue weighted by atomic mass is 10.1. The highest BCUT2D eigenvalue weighted by molar-refractivity contribution is 5.95. The maximum Gasteiger partial charge on any atom is 0.159 e. The fraction of sp³-hybridized carbons (Fsp3) is 0.0667. The van der Waals surface area contributed by atoms with E-state index in [4.69, 9.17) is 0 Å². The highest BCUT2D eigenvalue weighted by Crippen LogP contribution is 2.19. The van der Waals surface area contributed by atoms with Crippen molar-refractivity contribution in [2.75, 3.05) is 0 Å². The van der Waals surface area contributed by atoms with Crippen molar-refractivity contribution in [1.82, 2.24) is 19.7 Å². The van der Waals surface area contributed by atoms with Crippen LogP contribution in [0.5, 0.6) is 0 Å². The van der Waals surface area contributed by atoms with Crippen molar-refractivity contribution in [2.45, 2.75) is 6.92 Å². The molecule has 0 amide bonds.